The fourth-order valence-electron chi connectivity index (χ4n) is 2.85. The molecule has 1 heterocycles. The van der Waals surface area contributed by atoms with Crippen LogP contribution in [0.5, 0.6) is 0 Å². The number of aliphatic hydroxyl groups excluding tert-OH is 1. The molecule has 3 atom stereocenters. The molecular weight excluding hydrogens is 272 g/mol. The Morgan fingerprint density at radius 3 is 2.67 bits per heavy atom. The van der Waals surface area contributed by atoms with Crippen molar-refractivity contribution in [1.82, 2.24) is 10.2 Å². The topological polar surface area (TPSA) is 78.9 Å². The molecule has 2 N–H and O–H groups in total. The quantitative estimate of drug-likeness (QED) is 0.757. The van der Waals surface area contributed by atoms with Crippen LogP contribution in [-0.2, 0) is 14.3 Å². The lowest BCUT2D eigenvalue weighted by Crippen LogP contribution is -2.55. The van der Waals surface area contributed by atoms with Gasteiger partial charge >= 0.3 is 0 Å². The predicted molar refractivity (Wildman–Crippen MR) is 77.5 cm³/mol. The van der Waals surface area contributed by atoms with Crippen molar-refractivity contribution in [3.63, 3.8) is 0 Å². The zero-order valence-corrected chi connectivity index (χ0v) is 13.1. The monoisotopic (exact) mass is 298 g/mol. The molecular formula is C15H26N2O4. The highest BCUT2D eigenvalue weighted by atomic mass is 16.5. The van der Waals surface area contributed by atoms with Gasteiger partial charge in [0.15, 0.2) is 0 Å². The van der Waals surface area contributed by atoms with Crippen LogP contribution in [0.4, 0.5) is 0 Å². The smallest absolute Gasteiger partial charge is 0.224 e. The largest absolute Gasteiger partial charge is 0.394 e. The average molecular weight is 298 g/mol. The third kappa shape index (κ3) is 4.41. The molecule has 2 fully saturated rings. The average Bonchev–Trinajstić information content (AvgIpc) is 3.13. The van der Waals surface area contributed by atoms with Crippen LogP contribution >= 0.6 is 0 Å². The van der Waals surface area contributed by atoms with E-state index in [9.17, 15) is 14.7 Å². The normalized spacial score (nSPS) is 30.9. The second-order valence-electron chi connectivity index (χ2n) is 6.82. The summed E-state index contributed by atoms with van der Waals surface area (Å²) >= 11 is 0. The summed E-state index contributed by atoms with van der Waals surface area (Å²) in [6.07, 6.45) is 0.913. The van der Waals surface area contributed by atoms with Gasteiger partial charge in [0.2, 0.25) is 11.8 Å². The summed E-state index contributed by atoms with van der Waals surface area (Å²) in [5, 5.41) is 12.1. The molecule has 0 bridgehead atoms. The van der Waals surface area contributed by atoms with E-state index in [0.29, 0.717) is 32.0 Å². The highest BCUT2D eigenvalue weighted by Gasteiger charge is 2.39. The minimum absolute atomic E-state index is 0.00558. The van der Waals surface area contributed by atoms with E-state index in [1.807, 2.05) is 13.8 Å². The Balaban J connectivity index is 1.75. The lowest BCUT2D eigenvalue weighted by Gasteiger charge is -2.42. The summed E-state index contributed by atoms with van der Waals surface area (Å²) in [6, 6.07) is 0. The molecule has 1 saturated heterocycles. The Kier molecular flexibility index (Phi) is 4.88. The number of carbonyl (C=O) groups excluding carboxylic acids is 2. The minimum atomic E-state index is -0.450. The summed E-state index contributed by atoms with van der Waals surface area (Å²) in [6.45, 7) is 7.07. The van der Waals surface area contributed by atoms with E-state index in [2.05, 4.69) is 12.2 Å². The molecule has 0 aromatic heterocycles. The molecule has 1 aliphatic carbocycles. The summed E-state index contributed by atoms with van der Waals surface area (Å²) in [5.74, 6) is 0.673. The Bertz CT molecular complexity index is 410. The van der Waals surface area contributed by atoms with Crippen molar-refractivity contribution < 1.29 is 19.4 Å². The third-order valence-electron chi connectivity index (χ3n) is 4.12. The lowest BCUT2D eigenvalue weighted by atomic mass is 10.0. The number of ether oxygens (including phenoxy) is 1. The van der Waals surface area contributed by atoms with Gasteiger partial charge in [0, 0.05) is 32.0 Å². The molecule has 1 aliphatic heterocycles. The molecule has 0 radical (unpaired) electrons. The molecule has 3 unspecified atom stereocenters. The highest BCUT2D eigenvalue weighted by Crippen LogP contribution is 2.37. The number of amides is 2. The summed E-state index contributed by atoms with van der Waals surface area (Å²) < 4.78 is 5.68. The van der Waals surface area contributed by atoms with Crippen molar-refractivity contribution in [3.8, 4) is 0 Å². The summed E-state index contributed by atoms with van der Waals surface area (Å²) in [4.78, 5) is 25.6. The van der Waals surface area contributed by atoms with Crippen LogP contribution in [0.2, 0.25) is 0 Å². The molecule has 0 aromatic carbocycles. The first-order valence-corrected chi connectivity index (χ1v) is 7.66. The number of carbonyl (C=O) groups is 2. The van der Waals surface area contributed by atoms with Crippen LogP contribution in [0.15, 0.2) is 0 Å². The maximum absolute atomic E-state index is 12.2. The number of morpholine rings is 1. The van der Waals surface area contributed by atoms with Crippen molar-refractivity contribution in [2.24, 2.45) is 11.8 Å². The predicted octanol–water partition coefficient (Wildman–Crippen LogP) is 0.147. The molecule has 1 saturated carbocycles. The third-order valence-corrected chi connectivity index (χ3v) is 4.12. The van der Waals surface area contributed by atoms with Gasteiger partial charge in [0.1, 0.15) is 0 Å². The number of hydrogen-bond donors (Lipinski definition) is 2. The first kappa shape index (κ1) is 16.2. The van der Waals surface area contributed by atoms with Gasteiger partial charge in [-0.25, -0.2) is 0 Å². The molecule has 2 aliphatic rings. The van der Waals surface area contributed by atoms with E-state index >= 15 is 0 Å². The van der Waals surface area contributed by atoms with Crippen LogP contribution in [0.3, 0.4) is 0 Å². The van der Waals surface area contributed by atoms with Crippen molar-refractivity contribution in [1.29, 1.82) is 0 Å². The Hall–Kier alpha value is -1.14. The van der Waals surface area contributed by atoms with Crippen molar-refractivity contribution >= 4 is 11.8 Å². The van der Waals surface area contributed by atoms with Gasteiger partial charge in [-0.15, -0.1) is 0 Å². The molecule has 6 nitrogen and oxygen atoms in total. The molecule has 2 rings (SSSR count). The van der Waals surface area contributed by atoms with E-state index in [1.165, 1.54) is 0 Å². The van der Waals surface area contributed by atoms with Crippen LogP contribution in [0, 0.1) is 11.8 Å². The van der Waals surface area contributed by atoms with Crippen molar-refractivity contribution in [2.45, 2.75) is 45.3 Å². The first-order valence-electron chi connectivity index (χ1n) is 7.66. The van der Waals surface area contributed by atoms with E-state index in [-0.39, 0.29) is 30.4 Å². The fraction of sp³-hybridized carbons (Fsp3) is 0.867. The molecule has 0 spiro atoms. The van der Waals surface area contributed by atoms with Crippen LogP contribution in [-0.4, -0.2) is 59.8 Å². The van der Waals surface area contributed by atoms with Crippen LogP contribution in [0.25, 0.3) is 0 Å². The maximum atomic E-state index is 12.2. The van der Waals surface area contributed by atoms with E-state index in [0.717, 1.165) is 6.42 Å². The van der Waals surface area contributed by atoms with Gasteiger partial charge in [0.25, 0.3) is 0 Å². The molecule has 21 heavy (non-hydrogen) atoms. The molecule has 0 aromatic rings. The van der Waals surface area contributed by atoms with Gasteiger partial charge in [-0.05, 0) is 26.2 Å². The number of rotatable bonds is 5. The molecule has 6 heteroatoms. The van der Waals surface area contributed by atoms with Crippen molar-refractivity contribution in [2.75, 3.05) is 26.2 Å². The Labute approximate surface area is 125 Å². The number of hydrogen-bond acceptors (Lipinski definition) is 4. The second kappa shape index (κ2) is 6.32. The number of aliphatic hydroxyl groups is 1. The number of nitrogens with one attached hydrogen (secondary N) is 1. The number of nitrogens with zero attached hydrogens (tertiary/aromatic N) is 1. The van der Waals surface area contributed by atoms with Gasteiger partial charge in [-0.2, -0.15) is 0 Å². The van der Waals surface area contributed by atoms with Crippen LogP contribution < -0.4 is 5.32 Å². The Morgan fingerprint density at radius 1 is 1.43 bits per heavy atom. The minimum Gasteiger partial charge on any atom is -0.394 e. The Morgan fingerprint density at radius 2 is 2.10 bits per heavy atom. The van der Waals surface area contributed by atoms with Gasteiger partial charge < -0.3 is 20.1 Å². The highest BCUT2D eigenvalue weighted by molar-refractivity contribution is 5.82. The van der Waals surface area contributed by atoms with E-state index in [4.69, 9.17) is 4.74 Å². The zero-order valence-electron chi connectivity index (χ0n) is 13.1. The second-order valence-corrected chi connectivity index (χ2v) is 6.82. The lowest BCUT2D eigenvalue weighted by molar-refractivity contribution is -0.166. The SMILES string of the molecule is CC1CC1C(=O)NCCC(=O)N1CC(CO)OC(C)(C)C1. The van der Waals surface area contributed by atoms with Gasteiger partial charge in [-0.1, -0.05) is 6.92 Å². The van der Waals surface area contributed by atoms with Crippen LogP contribution in [0.1, 0.15) is 33.6 Å². The van der Waals surface area contributed by atoms with Crippen molar-refractivity contribution in [3.05, 3.63) is 0 Å². The fourth-order valence-corrected chi connectivity index (χ4v) is 2.85. The van der Waals surface area contributed by atoms with E-state index in [1.54, 1.807) is 4.90 Å². The molecule has 2 amide bonds. The molecule has 120 valence electrons. The first-order chi connectivity index (χ1) is 9.82. The van der Waals surface area contributed by atoms with Gasteiger partial charge in [0.05, 0.1) is 18.3 Å². The summed E-state index contributed by atoms with van der Waals surface area (Å²) in [7, 11) is 0. The standard InChI is InChI=1S/C15H26N2O4/c1-10-6-12(10)14(20)16-5-4-13(19)17-7-11(8-18)21-15(2,3)9-17/h10-12,18H,4-9H2,1-3H3,(H,16,20). The van der Waals surface area contributed by atoms with E-state index < -0.39 is 5.60 Å². The maximum Gasteiger partial charge on any atom is 0.224 e. The zero-order chi connectivity index (χ0) is 15.6. The summed E-state index contributed by atoms with van der Waals surface area (Å²) in [5.41, 5.74) is -0.450. The van der Waals surface area contributed by atoms with Gasteiger partial charge in [-0.3, -0.25) is 9.59 Å².